The molecule has 0 fully saturated rings. The lowest BCUT2D eigenvalue weighted by molar-refractivity contribution is -0.139. The van der Waals surface area contributed by atoms with Gasteiger partial charge in [-0.1, -0.05) is 45.4 Å². The summed E-state index contributed by atoms with van der Waals surface area (Å²) in [6.07, 6.45) is 9.38. The fourth-order valence-electron chi connectivity index (χ4n) is 2.20. The summed E-state index contributed by atoms with van der Waals surface area (Å²) in [5.41, 5.74) is 0. The number of ether oxygens (including phenoxy) is 1. The molecule has 0 bridgehead atoms. The van der Waals surface area contributed by atoms with Gasteiger partial charge in [-0.15, -0.1) is 11.3 Å². The average Bonchev–Trinajstić information content (AvgIpc) is 2.94. The van der Waals surface area contributed by atoms with Crippen molar-refractivity contribution in [2.24, 2.45) is 0 Å². The Balaban J connectivity index is 2.21. The first-order valence-corrected chi connectivity index (χ1v) is 8.67. The molecule has 0 aromatic carbocycles. The van der Waals surface area contributed by atoms with Crippen LogP contribution in [-0.2, 0) is 16.0 Å². The predicted molar refractivity (Wildman–Crippen MR) is 87.0 cm³/mol. The molecule has 0 amide bonds. The molecule has 0 aliphatic heterocycles. The summed E-state index contributed by atoms with van der Waals surface area (Å²) in [6, 6.07) is 3.67. The van der Waals surface area contributed by atoms with Gasteiger partial charge in [0.1, 0.15) is 0 Å². The van der Waals surface area contributed by atoms with E-state index in [9.17, 15) is 9.59 Å². The van der Waals surface area contributed by atoms with Gasteiger partial charge < -0.3 is 4.74 Å². The van der Waals surface area contributed by atoms with Crippen LogP contribution >= 0.6 is 11.3 Å². The lowest BCUT2D eigenvalue weighted by atomic mass is 10.1. The SMILES string of the molecule is CCCCCCCCCC(=O)c1ccc(CC(=O)OC)s1. The first-order valence-electron chi connectivity index (χ1n) is 7.86. The Kier molecular flexibility index (Phi) is 8.99. The molecule has 4 heteroatoms. The molecule has 0 aliphatic rings. The van der Waals surface area contributed by atoms with Crippen LogP contribution in [0.25, 0.3) is 0 Å². The maximum atomic E-state index is 12.0. The van der Waals surface area contributed by atoms with E-state index in [2.05, 4.69) is 11.7 Å². The smallest absolute Gasteiger partial charge is 0.310 e. The van der Waals surface area contributed by atoms with E-state index in [1.807, 2.05) is 12.1 Å². The fourth-order valence-corrected chi connectivity index (χ4v) is 3.16. The highest BCUT2D eigenvalue weighted by Crippen LogP contribution is 2.20. The molecule has 0 spiro atoms. The summed E-state index contributed by atoms with van der Waals surface area (Å²) in [7, 11) is 1.38. The Morgan fingerprint density at radius 2 is 1.71 bits per heavy atom. The second-order valence-corrected chi connectivity index (χ2v) is 6.48. The van der Waals surface area contributed by atoms with Crippen LogP contribution in [0.5, 0.6) is 0 Å². The second kappa shape index (κ2) is 10.6. The largest absolute Gasteiger partial charge is 0.469 e. The van der Waals surface area contributed by atoms with Gasteiger partial charge in [0.2, 0.25) is 0 Å². The van der Waals surface area contributed by atoms with Crippen LogP contribution in [0.3, 0.4) is 0 Å². The van der Waals surface area contributed by atoms with Crippen LogP contribution in [0.4, 0.5) is 0 Å². The van der Waals surface area contributed by atoms with Crippen LogP contribution < -0.4 is 0 Å². The Hall–Kier alpha value is -1.16. The van der Waals surface area contributed by atoms with Crippen LogP contribution in [0.1, 0.15) is 72.8 Å². The second-order valence-electron chi connectivity index (χ2n) is 5.31. The number of carbonyl (C=O) groups is 2. The normalized spacial score (nSPS) is 10.6. The summed E-state index contributed by atoms with van der Waals surface area (Å²) in [5.74, 6) is -0.0624. The third-order valence-corrected chi connectivity index (χ3v) is 4.62. The van der Waals surface area contributed by atoms with E-state index in [4.69, 9.17) is 0 Å². The van der Waals surface area contributed by atoms with Crippen molar-refractivity contribution in [2.45, 2.75) is 64.7 Å². The average molecular weight is 310 g/mol. The third-order valence-electron chi connectivity index (χ3n) is 3.49. The monoisotopic (exact) mass is 310 g/mol. The highest BCUT2D eigenvalue weighted by atomic mass is 32.1. The van der Waals surface area contributed by atoms with Gasteiger partial charge in [-0.05, 0) is 18.6 Å². The fraction of sp³-hybridized carbons (Fsp3) is 0.647. The van der Waals surface area contributed by atoms with Crippen molar-refractivity contribution in [2.75, 3.05) is 7.11 Å². The van der Waals surface area contributed by atoms with E-state index in [0.29, 0.717) is 6.42 Å². The van der Waals surface area contributed by atoms with Gasteiger partial charge in [0.15, 0.2) is 5.78 Å². The summed E-state index contributed by atoms with van der Waals surface area (Å²) in [6.45, 7) is 2.22. The lowest BCUT2D eigenvalue weighted by Crippen LogP contribution is -2.02. The summed E-state index contributed by atoms with van der Waals surface area (Å²) < 4.78 is 4.63. The van der Waals surface area contributed by atoms with Gasteiger partial charge in [0.25, 0.3) is 0 Å². The molecule has 1 aromatic rings. The number of methoxy groups -OCH3 is 1. The Labute approximate surface area is 131 Å². The molecular formula is C17H26O3S. The number of unbranched alkanes of at least 4 members (excludes halogenated alkanes) is 6. The molecule has 1 heterocycles. The van der Waals surface area contributed by atoms with E-state index in [0.717, 1.165) is 22.6 Å². The molecule has 0 saturated carbocycles. The molecule has 118 valence electrons. The molecule has 21 heavy (non-hydrogen) atoms. The van der Waals surface area contributed by atoms with Crippen LogP contribution in [0.2, 0.25) is 0 Å². The van der Waals surface area contributed by atoms with Crippen molar-refractivity contribution in [3.63, 3.8) is 0 Å². The zero-order valence-corrected chi connectivity index (χ0v) is 14.0. The van der Waals surface area contributed by atoms with Gasteiger partial charge in [-0.2, -0.15) is 0 Å². The van der Waals surface area contributed by atoms with Gasteiger partial charge in [-0.3, -0.25) is 9.59 Å². The number of ketones is 1. The highest BCUT2D eigenvalue weighted by Gasteiger charge is 2.11. The van der Waals surface area contributed by atoms with Crippen LogP contribution in [0.15, 0.2) is 12.1 Å². The van der Waals surface area contributed by atoms with Gasteiger partial charge in [0.05, 0.1) is 18.4 Å². The quantitative estimate of drug-likeness (QED) is 0.335. The number of hydrogen-bond donors (Lipinski definition) is 0. The van der Waals surface area contributed by atoms with Gasteiger partial charge in [0, 0.05) is 11.3 Å². The number of esters is 1. The van der Waals surface area contributed by atoms with E-state index in [-0.39, 0.29) is 18.2 Å². The zero-order chi connectivity index (χ0) is 15.5. The molecule has 0 radical (unpaired) electrons. The van der Waals surface area contributed by atoms with E-state index in [1.54, 1.807) is 0 Å². The number of carbonyl (C=O) groups excluding carboxylic acids is 2. The Morgan fingerprint density at radius 3 is 2.38 bits per heavy atom. The summed E-state index contributed by atoms with van der Waals surface area (Å²) in [5, 5.41) is 0. The summed E-state index contributed by atoms with van der Waals surface area (Å²) in [4.78, 5) is 24.9. The van der Waals surface area contributed by atoms with E-state index < -0.39 is 0 Å². The lowest BCUT2D eigenvalue weighted by Gasteiger charge is -2.00. The molecule has 0 N–H and O–H groups in total. The first kappa shape index (κ1) is 17.9. The molecular weight excluding hydrogens is 284 g/mol. The molecule has 1 rings (SSSR count). The number of thiophene rings is 1. The van der Waals surface area contributed by atoms with Crippen molar-refractivity contribution in [1.29, 1.82) is 0 Å². The van der Waals surface area contributed by atoms with Crippen LogP contribution in [-0.4, -0.2) is 18.9 Å². The molecule has 0 atom stereocenters. The van der Waals surface area contributed by atoms with Crippen molar-refractivity contribution in [3.8, 4) is 0 Å². The summed E-state index contributed by atoms with van der Waals surface area (Å²) >= 11 is 1.41. The maximum Gasteiger partial charge on any atom is 0.310 e. The molecule has 1 aromatic heterocycles. The van der Waals surface area contributed by atoms with Gasteiger partial charge in [-0.25, -0.2) is 0 Å². The van der Waals surface area contributed by atoms with Crippen molar-refractivity contribution >= 4 is 23.1 Å². The molecule has 0 aliphatic carbocycles. The topological polar surface area (TPSA) is 43.4 Å². The number of rotatable bonds is 11. The zero-order valence-electron chi connectivity index (χ0n) is 13.2. The maximum absolute atomic E-state index is 12.0. The van der Waals surface area contributed by atoms with Crippen molar-refractivity contribution in [3.05, 3.63) is 21.9 Å². The standard InChI is InChI=1S/C17H26O3S/c1-3-4-5-6-7-8-9-10-15(18)16-12-11-14(21-16)13-17(19)20-2/h11-12H,3-10,13H2,1-2H3. The minimum Gasteiger partial charge on any atom is -0.469 e. The Morgan fingerprint density at radius 1 is 1.05 bits per heavy atom. The minimum absolute atomic E-state index is 0.199. The minimum atomic E-state index is -0.261. The van der Waals surface area contributed by atoms with Gasteiger partial charge >= 0.3 is 5.97 Å². The Bertz CT molecular complexity index is 437. The van der Waals surface area contributed by atoms with E-state index >= 15 is 0 Å². The van der Waals surface area contributed by atoms with E-state index in [1.165, 1.54) is 50.6 Å². The number of hydrogen-bond acceptors (Lipinski definition) is 4. The highest BCUT2D eigenvalue weighted by molar-refractivity contribution is 7.14. The molecule has 0 unspecified atom stereocenters. The number of Topliss-reactive ketones (excluding diaryl/α,β-unsaturated/α-hetero) is 1. The predicted octanol–water partition coefficient (Wildman–Crippen LogP) is 4.79. The van der Waals surface area contributed by atoms with Crippen molar-refractivity contribution in [1.82, 2.24) is 0 Å². The van der Waals surface area contributed by atoms with Crippen LogP contribution in [0, 0.1) is 0 Å². The molecule has 3 nitrogen and oxygen atoms in total. The first-order chi connectivity index (χ1) is 10.2. The molecule has 0 saturated heterocycles. The van der Waals surface area contributed by atoms with Crippen molar-refractivity contribution < 1.29 is 14.3 Å². The third kappa shape index (κ3) is 7.42.